The Hall–Kier alpha value is -1.35. The maximum atomic E-state index is 10.7. The first-order valence-corrected chi connectivity index (χ1v) is 4.51. The molecule has 0 aromatic heterocycles. The number of carbonyl (C=O) groups is 1. The highest BCUT2D eigenvalue weighted by Crippen LogP contribution is 2.22. The molecule has 0 amide bonds. The van der Waals surface area contributed by atoms with Crippen molar-refractivity contribution in [2.45, 2.75) is 19.3 Å². The van der Waals surface area contributed by atoms with Crippen molar-refractivity contribution in [2.24, 2.45) is 5.73 Å². The van der Waals surface area contributed by atoms with Gasteiger partial charge in [0.25, 0.3) is 0 Å². The average Bonchev–Trinajstić information content (AvgIpc) is 2.18. The quantitative estimate of drug-likeness (QED) is 0.766. The van der Waals surface area contributed by atoms with E-state index in [1.54, 1.807) is 18.2 Å². The number of aromatic carboxylic acids is 1. The van der Waals surface area contributed by atoms with Gasteiger partial charge >= 0.3 is 5.97 Å². The summed E-state index contributed by atoms with van der Waals surface area (Å²) in [6.07, 6.45) is 0. The lowest BCUT2D eigenvalue weighted by molar-refractivity contribution is 0.0696. The number of carboxylic acid groups (broad SMARTS) is 1. The summed E-state index contributed by atoms with van der Waals surface area (Å²) in [7, 11) is 0. The van der Waals surface area contributed by atoms with Crippen LogP contribution in [-0.4, -0.2) is 17.6 Å². The van der Waals surface area contributed by atoms with Crippen molar-refractivity contribution in [2.75, 3.05) is 6.54 Å². The highest BCUT2D eigenvalue weighted by Gasteiger charge is 2.19. The summed E-state index contributed by atoms with van der Waals surface area (Å²) in [5.41, 5.74) is 6.71. The van der Waals surface area contributed by atoms with Crippen molar-refractivity contribution >= 4 is 5.97 Å². The Bertz CT molecular complexity index is 345. The van der Waals surface area contributed by atoms with E-state index in [1.165, 1.54) is 0 Å². The third-order valence-corrected chi connectivity index (χ3v) is 2.40. The molecule has 3 heteroatoms. The third-order valence-electron chi connectivity index (χ3n) is 2.40. The van der Waals surface area contributed by atoms with Crippen LogP contribution >= 0.6 is 0 Å². The molecule has 3 nitrogen and oxygen atoms in total. The number of benzene rings is 1. The molecule has 0 spiro atoms. The van der Waals surface area contributed by atoms with Gasteiger partial charge in [-0.25, -0.2) is 4.79 Å². The van der Waals surface area contributed by atoms with Crippen molar-refractivity contribution in [3.8, 4) is 0 Å². The number of rotatable bonds is 3. The molecule has 0 aliphatic heterocycles. The fourth-order valence-electron chi connectivity index (χ4n) is 1.19. The predicted octanol–water partition coefficient (Wildman–Crippen LogP) is 1.62. The van der Waals surface area contributed by atoms with Crippen LogP contribution < -0.4 is 5.73 Å². The van der Waals surface area contributed by atoms with Gasteiger partial charge in [0.1, 0.15) is 0 Å². The Balaban J connectivity index is 3.12. The molecule has 0 saturated carbocycles. The lowest BCUT2D eigenvalue weighted by atomic mass is 9.84. The van der Waals surface area contributed by atoms with Crippen molar-refractivity contribution in [1.29, 1.82) is 0 Å². The summed E-state index contributed by atoms with van der Waals surface area (Å²) in [5.74, 6) is -0.903. The van der Waals surface area contributed by atoms with Gasteiger partial charge in [-0.15, -0.1) is 0 Å². The van der Waals surface area contributed by atoms with Crippen molar-refractivity contribution < 1.29 is 9.90 Å². The molecule has 1 rings (SSSR count). The highest BCUT2D eigenvalue weighted by molar-refractivity contribution is 5.87. The van der Waals surface area contributed by atoms with Gasteiger partial charge < -0.3 is 10.8 Å². The second-order valence-corrected chi connectivity index (χ2v) is 3.97. The monoisotopic (exact) mass is 193 g/mol. The van der Waals surface area contributed by atoms with E-state index in [-0.39, 0.29) is 5.41 Å². The van der Waals surface area contributed by atoms with Gasteiger partial charge in [0, 0.05) is 12.0 Å². The third kappa shape index (κ3) is 2.12. The number of hydrogen-bond donors (Lipinski definition) is 2. The molecule has 3 N–H and O–H groups in total. The summed E-state index contributed by atoms with van der Waals surface area (Å²) in [6, 6.07) is 6.91. The molecule has 0 aliphatic rings. The van der Waals surface area contributed by atoms with Crippen LogP contribution in [0.2, 0.25) is 0 Å². The molecule has 76 valence electrons. The van der Waals surface area contributed by atoms with E-state index >= 15 is 0 Å². The SMILES string of the molecule is CC(C)(CN)c1cccc(C(=O)O)c1. The van der Waals surface area contributed by atoms with Crippen molar-refractivity contribution in [1.82, 2.24) is 0 Å². The standard InChI is InChI=1S/C11H15NO2/c1-11(2,7-12)9-5-3-4-8(6-9)10(13)14/h3-6H,7,12H2,1-2H3,(H,13,14). The van der Waals surface area contributed by atoms with Crippen LogP contribution in [0.3, 0.4) is 0 Å². The maximum Gasteiger partial charge on any atom is 0.335 e. The lowest BCUT2D eigenvalue weighted by Crippen LogP contribution is -2.28. The van der Waals surface area contributed by atoms with Crippen LogP contribution in [0.4, 0.5) is 0 Å². The zero-order valence-electron chi connectivity index (χ0n) is 8.45. The largest absolute Gasteiger partial charge is 0.478 e. The minimum Gasteiger partial charge on any atom is -0.478 e. The molecule has 0 bridgehead atoms. The van der Waals surface area contributed by atoms with Gasteiger partial charge in [0.2, 0.25) is 0 Å². The highest BCUT2D eigenvalue weighted by atomic mass is 16.4. The van der Waals surface area contributed by atoms with Crippen LogP contribution in [0.5, 0.6) is 0 Å². The zero-order valence-corrected chi connectivity index (χ0v) is 8.45. The Kier molecular flexibility index (Phi) is 2.91. The normalized spacial score (nSPS) is 11.4. The van der Waals surface area contributed by atoms with E-state index in [9.17, 15) is 4.79 Å². The summed E-state index contributed by atoms with van der Waals surface area (Å²) < 4.78 is 0. The fraction of sp³-hybridized carbons (Fsp3) is 0.364. The molecule has 0 heterocycles. The predicted molar refractivity (Wildman–Crippen MR) is 55.5 cm³/mol. The Morgan fingerprint density at radius 3 is 2.64 bits per heavy atom. The van der Waals surface area contributed by atoms with Gasteiger partial charge in [-0.2, -0.15) is 0 Å². The second kappa shape index (κ2) is 3.80. The van der Waals surface area contributed by atoms with Gasteiger partial charge in [-0.05, 0) is 17.7 Å². The molecule has 0 unspecified atom stereocenters. The molecule has 0 atom stereocenters. The first-order chi connectivity index (χ1) is 6.47. The molecular formula is C11H15NO2. The molecule has 0 fully saturated rings. The molecule has 1 aromatic rings. The Morgan fingerprint density at radius 2 is 2.14 bits per heavy atom. The molecule has 1 aromatic carbocycles. The van der Waals surface area contributed by atoms with Gasteiger partial charge in [0.15, 0.2) is 0 Å². The lowest BCUT2D eigenvalue weighted by Gasteiger charge is -2.23. The smallest absolute Gasteiger partial charge is 0.335 e. The van der Waals surface area contributed by atoms with Crippen LogP contribution in [0, 0.1) is 0 Å². The Labute approximate surface area is 83.6 Å². The molecule has 14 heavy (non-hydrogen) atoms. The van der Waals surface area contributed by atoms with Gasteiger partial charge in [0.05, 0.1) is 5.56 Å². The fourth-order valence-corrected chi connectivity index (χ4v) is 1.19. The van der Waals surface area contributed by atoms with E-state index in [2.05, 4.69) is 0 Å². The summed E-state index contributed by atoms with van der Waals surface area (Å²) in [6.45, 7) is 4.48. The zero-order chi connectivity index (χ0) is 10.8. The van der Waals surface area contributed by atoms with E-state index in [0.717, 1.165) is 5.56 Å². The summed E-state index contributed by atoms with van der Waals surface area (Å²) in [4.78, 5) is 10.7. The molecular weight excluding hydrogens is 178 g/mol. The molecule has 0 radical (unpaired) electrons. The van der Waals surface area contributed by atoms with E-state index in [1.807, 2.05) is 19.9 Å². The molecule has 0 saturated heterocycles. The van der Waals surface area contributed by atoms with Gasteiger partial charge in [-0.1, -0.05) is 26.0 Å². The van der Waals surface area contributed by atoms with Crippen LogP contribution in [0.1, 0.15) is 29.8 Å². The van der Waals surface area contributed by atoms with Crippen LogP contribution in [0.15, 0.2) is 24.3 Å². The van der Waals surface area contributed by atoms with E-state index in [4.69, 9.17) is 10.8 Å². The van der Waals surface area contributed by atoms with Crippen LogP contribution in [-0.2, 0) is 5.41 Å². The van der Waals surface area contributed by atoms with Crippen molar-refractivity contribution in [3.05, 3.63) is 35.4 Å². The summed E-state index contributed by atoms with van der Waals surface area (Å²) >= 11 is 0. The van der Waals surface area contributed by atoms with Crippen molar-refractivity contribution in [3.63, 3.8) is 0 Å². The topological polar surface area (TPSA) is 63.3 Å². The second-order valence-electron chi connectivity index (χ2n) is 3.97. The minimum absolute atomic E-state index is 0.175. The van der Waals surface area contributed by atoms with Crippen LogP contribution in [0.25, 0.3) is 0 Å². The first kappa shape index (κ1) is 10.7. The number of nitrogens with two attached hydrogens (primary N) is 1. The Morgan fingerprint density at radius 1 is 1.50 bits per heavy atom. The minimum atomic E-state index is -0.903. The van der Waals surface area contributed by atoms with E-state index in [0.29, 0.717) is 12.1 Å². The molecule has 0 aliphatic carbocycles. The first-order valence-electron chi connectivity index (χ1n) is 4.51. The summed E-state index contributed by atoms with van der Waals surface area (Å²) in [5, 5.41) is 8.82. The number of carboxylic acids is 1. The number of hydrogen-bond acceptors (Lipinski definition) is 2. The van der Waals surface area contributed by atoms with Gasteiger partial charge in [-0.3, -0.25) is 0 Å². The van der Waals surface area contributed by atoms with E-state index < -0.39 is 5.97 Å². The maximum absolute atomic E-state index is 10.7. The average molecular weight is 193 g/mol.